The maximum atomic E-state index is 13.5. The number of carbonyl (C=O) groups is 1. The molecule has 0 unspecified atom stereocenters. The molecular formula is C49H40O5. The monoisotopic (exact) mass is 708 g/mol. The summed E-state index contributed by atoms with van der Waals surface area (Å²) in [5, 5.41) is 0. The molecule has 8 rings (SSSR count). The van der Waals surface area contributed by atoms with Gasteiger partial charge < -0.3 is 18.9 Å². The van der Waals surface area contributed by atoms with Gasteiger partial charge in [-0.15, -0.1) is 0 Å². The minimum absolute atomic E-state index is 0.419. The fourth-order valence-corrected chi connectivity index (χ4v) is 7.80. The number of rotatable bonds is 11. The Balaban J connectivity index is 1.38. The predicted molar refractivity (Wildman–Crippen MR) is 215 cm³/mol. The van der Waals surface area contributed by atoms with E-state index >= 15 is 0 Å². The molecule has 54 heavy (non-hydrogen) atoms. The molecule has 0 atom stereocenters. The second-order valence-electron chi connectivity index (χ2n) is 13.1. The van der Waals surface area contributed by atoms with Crippen LogP contribution in [0.4, 0.5) is 0 Å². The first-order valence-electron chi connectivity index (χ1n) is 18.3. The van der Waals surface area contributed by atoms with Crippen LogP contribution in [0.25, 0.3) is 33.4 Å². The van der Waals surface area contributed by atoms with Crippen LogP contribution in [0.1, 0.15) is 46.5 Å². The standard InChI is InChI=1S/C49H40O5/c1-4-52-38-25-19-33(20-26-38)42-31-36(23-29-46(42)51-3)49(44-17-11-9-15-40(44)41-16-10-12-18-45(41)49)37-24-30-47(54-48(50)35-13-7-6-8-14-35)43(32-37)34-21-27-39(28-22-34)53-5-2/h6-32H,4-5H2,1-3H3. The summed E-state index contributed by atoms with van der Waals surface area (Å²) in [7, 11) is 1.71. The number of carbonyl (C=O) groups excluding carboxylic acids is 1. The van der Waals surface area contributed by atoms with E-state index in [0.717, 1.165) is 50.6 Å². The maximum Gasteiger partial charge on any atom is 0.343 e. The third-order valence-electron chi connectivity index (χ3n) is 10.2. The second kappa shape index (κ2) is 14.8. The number of hydrogen-bond acceptors (Lipinski definition) is 5. The van der Waals surface area contributed by atoms with Gasteiger partial charge in [0.1, 0.15) is 23.0 Å². The van der Waals surface area contributed by atoms with E-state index in [1.165, 1.54) is 22.3 Å². The SMILES string of the molecule is CCOc1ccc(-c2cc(C3(c4ccc(OC(=O)c5ccccc5)c(-c5ccc(OCC)cc5)c4)c4ccccc4-c4ccccc43)ccc2OC)cc1. The van der Waals surface area contributed by atoms with Crippen molar-refractivity contribution >= 4 is 5.97 Å². The van der Waals surface area contributed by atoms with Crippen molar-refractivity contribution in [1.82, 2.24) is 0 Å². The summed E-state index contributed by atoms with van der Waals surface area (Å²) in [6.07, 6.45) is 0. The van der Waals surface area contributed by atoms with Crippen LogP contribution in [0, 0.1) is 0 Å². The van der Waals surface area contributed by atoms with Crippen molar-refractivity contribution in [3.05, 3.63) is 192 Å². The fourth-order valence-electron chi connectivity index (χ4n) is 7.80. The lowest BCUT2D eigenvalue weighted by molar-refractivity contribution is 0.0735. The highest BCUT2D eigenvalue weighted by Gasteiger charge is 2.46. The summed E-state index contributed by atoms with van der Waals surface area (Å²) in [5.74, 6) is 2.42. The Hall–Kier alpha value is -6.59. The van der Waals surface area contributed by atoms with E-state index in [9.17, 15) is 4.79 Å². The van der Waals surface area contributed by atoms with Crippen molar-refractivity contribution in [2.45, 2.75) is 19.3 Å². The molecule has 0 heterocycles. The molecule has 5 nitrogen and oxygen atoms in total. The zero-order valence-corrected chi connectivity index (χ0v) is 30.5. The van der Waals surface area contributed by atoms with Gasteiger partial charge in [-0.2, -0.15) is 0 Å². The van der Waals surface area contributed by atoms with E-state index in [0.29, 0.717) is 24.5 Å². The molecule has 7 aromatic rings. The van der Waals surface area contributed by atoms with E-state index in [-0.39, 0.29) is 0 Å². The van der Waals surface area contributed by atoms with Crippen molar-refractivity contribution in [2.75, 3.05) is 20.3 Å². The van der Waals surface area contributed by atoms with Crippen molar-refractivity contribution in [3.8, 4) is 56.4 Å². The first kappa shape index (κ1) is 34.5. The molecule has 0 spiro atoms. The lowest BCUT2D eigenvalue weighted by Crippen LogP contribution is -2.29. The summed E-state index contributed by atoms with van der Waals surface area (Å²) >= 11 is 0. The zero-order valence-electron chi connectivity index (χ0n) is 30.5. The van der Waals surface area contributed by atoms with Crippen LogP contribution in [-0.2, 0) is 5.41 Å². The molecule has 0 aliphatic heterocycles. The topological polar surface area (TPSA) is 54.0 Å². The first-order chi connectivity index (χ1) is 26.5. The largest absolute Gasteiger partial charge is 0.496 e. The number of ether oxygens (including phenoxy) is 4. The van der Waals surface area contributed by atoms with E-state index in [2.05, 4.69) is 91.0 Å². The third kappa shape index (κ3) is 6.08. The fraction of sp³-hybridized carbons (Fsp3) is 0.122. The highest BCUT2D eigenvalue weighted by atomic mass is 16.5. The summed E-state index contributed by atoms with van der Waals surface area (Å²) in [6.45, 7) is 5.12. The molecular weight excluding hydrogens is 669 g/mol. The maximum absolute atomic E-state index is 13.5. The number of benzene rings is 7. The molecule has 0 N–H and O–H groups in total. The molecule has 1 aliphatic rings. The molecule has 1 aliphatic carbocycles. The Kier molecular flexibility index (Phi) is 9.45. The van der Waals surface area contributed by atoms with Gasteiger partial charge in [0.15, 0.2) is 0 Å². The average molecular weight is 709 g/mol. The summed E-state index contributed by atoms with van der Waals surface area (Å²) in [5.41, 5.74) is 10.2. The van der Waals surface area contributed by atoms with Gasteiger partial charge >= 0.3 is 5.97 Å². The number of hydrogen-bond donors (Lipinski definition) is 0. The minimum Gasteiger partial charge on any atom is -0.496 e. The van der Waals surface area contributed by atoms with Crippen LogP contribution in [0.5, 0.6) is 23.0 Å². The van der Waals surface area contributed by atoms with Crippen LogP contribution < -0.4 is 18.9 Å². The van der Waals surface area contributed by atoms with Gasteiger partial charge in [0, 0.05) is 11.1 Å². The van der Waals surface area contributed by atoms with Crippen LogP contribution in [-0.4, -0.2) is 26.3 Å². The van der Waals surface area contributed by atoms with Crippen LogP contribution in [0.2, 0.25) is 0 Å². The Labute approximate surface area is 316 Å². The normalized spacial score (nSPS) is 12.4. The van der Waals surface area contributed by atoms with Crippen molar-refractivity contribution < 1.29 is 23.7 Å². The Morgan fingerprint density at radius 1 is 0.500 bits per heavy atom. The van der Waals surface area contributed by atoms with Crippen molar-refractivity contribution in [1.29, 1.82) is 0 Å². The Bertz CT molecular complexity index is 2390. The van der Waals surface area contributed by atoms with E-state index < -0.39 is 11.4 Å². The molecule has 0 fully saturated rings. The number of esters is 1. The summed E-state index contributed by atoms with van der Waals surface area (Å²) in [6, 6.07) is 55.2. The van der Waals surface area contributed by atoms with Gasteiger partial charge in [-0.3, -0.25) is 0 Å². The summed E-state index contributed by atoms with van der Waals surface area (Å²) < 4.78 is 23.7. The van der Waals surface area contributed by atoms with Crippen molar-refractivity contribution in [3.63, 3.8) is 0 Å². The van der Waals surface area contributed by atoms with Gasteiger partial charge in [0.2, 0.25) is 0 Å². The van der Waals surface area contributed by atoms with Gasteiger partial charge in [-0.05, 0) is 119 Å². The van der Waals surface area contributed by atoms with Crippen LogP contribution >= 0.6 is 0 Å². The first-order valence-corrected chi connectivity index (χ1v) is 18.3. The average Bonchev–Trinajstić information content (AvgIpc) is 3.53. The molecule has 0 aromatic heterocycles. The van der Waals surface area contributed by atoms with E-state index in [1.807, 2.05) is 74.5 Å². The van der Waals surface area contributed by atoms with Crippen LogP contribution in [0.15, 0.2) is 164 Å². The lowest BCUT2D eigenvalue weighted by atomic mass is 9.67. The molecule has 0 saturated carbocycles. The zero-order chi connectivity index (χ0) is 37.1. The second-order valence-corrected chi connectivity index (χ2v) is 13.1. The number of methoxy groups -OCH3 is 1. The quantitative estimate of drug-likeness (QED) is 0.0989. The Morgan fingerprint density at radius 3 is 1.46 bits per heavy atom. The highest BCUT2D eigenvalue weighted by Crippen LogP contribution is 2.57. The van der Waals surface area contributed by atoms with E-state index in [1.54, 1.807) is 19.2 Å². The Morgan fingerprint density at radius 2 is 0.963 bits per heavy atom. The molecule has 7 aromatic carbocycles. The molecule has 0 saturated heterocycles. The smallest absolute Gasteiger partial charge is 0.343 e. The van der Waals surface area contributed by atoms with Gasteiger partial charge in [0.25, 0.3) is 0 Å². The lowest BCUT2D eigenvalue weighted by Gasteiger charge is -2.35. The van der Waals surface area contributed by atoms with Gasteiger partial charge in [-0.1, -0.05) is 103 Å². The van der Waals surface area contributed by atoms with E-state index in [4.69, 9.17) is 18.9 Å². The minimum atomic E-state index is -0.735. The summed E-state index contributed by atoms with van der Waals surface area (Å²) in [4.78, 5) is 13.5. The van der Waals surface area contributed by atoms with Crippen LogP contribution in [0.3, 0.4) is 0 Å². The molecule has 0 amide bonds. The molecule has 0 radical (unpaired) electrons. The number of fused-ring (bicyclic) bond motifs is 3. The van der Waals surface area contributed by atoms with Crippen molar-refractivity contribution in [2.24, 2.45) is 0 Å². The third-order valence-corrected chi connectivity index (χ3v) is 10.2. The highest BCUT2D eigenvalue weighted by molar-refractivity contribution is 5.93. The molecule has 5 heteroatoms. The molecule has 266 valence electrons. The van der Waals surface area contributed by atoms with Gasteiger partial charge in [-0.25, -0.2) is 4.79 Å². The van der Waals surface area contributed by atoms with Gasteiger partial charge in [0.05, 0.1) is 31.3 Å². The predicted octanol–water partition coefficient (Wildman–Crippen LogP) is 11.4. The molecule has 0 bridgehead atoms.